The first-order valence-electron chi connectivity index (χ1n) is 11.7. The molecule has 180 valence electrons. The number of amides is 1. The van der Waals surface area contributed by atoms with Gasteiger partial charge in [-0.05, 0) is 77.3 Å². The van der Waals surface area contributed by atoms with E-state index in [4.69, 9.17) is 9.47 Å². The Bertz CT molecular complexity index is 992. The zero-order chi connectivity index (χ0) is 24.2. The third-order valence-corrected chi connectivity index (χ3v) is 7.16. The van der Waals surface area contributed by atoms with Crippen LogP contribution in [-0.2, 0) is 16.7 Å². The number of ether oxygens (including phenoxy) is 2. The highest BCUT2D eigenvalue weighted by Crippen LogP contribution is 2.45. The van der Waals surface area contributed by atoms with Crippen LogP contribution in [0.4, 0.5) is 5.00 Å². The zero-order valence-electron chi connectivity index (χ0n) is 20.6. The topological polar surface area (TPSA) is 76.7 Å². The second kappa shape index (κ2) is 10.3. The first-order chi connectivity index (χ1) is 15.6. The zero-order valence-corrected chi connectivity index (χ0v) is 21.4. The number of benzene rings is 1. The molecule has 1 amide bonds. The van der Waals surface area contributed by atoms with E-state index in [1.54, 1.807) is 19.1 Å². The van der Waals surface area contributed by atoms with Gasteiger partial charge in [0, 0.05) is 21.5 Å². The van der Waals surface area contributed by atoms with E-state index in [9.17, 15) is 9.59 Å². The Hall–Kier alpha value is -2.38. The van der Waals surface area contributed by atoms with E-state index in [2.05, 4.69) is 45.3 Å². The maximum absolute atomic E-state index is 13.0. The molecule has 0 spiro atoms. The van der Waals surface area contributed by atoms with Gasteiger partial charge in [-0.15, -0.1) is 11.3 Å². The van der Waals surface area contributed by atoms with Gasteiger partial charge in [0.1, 0.15) is 10.8 Å². The first kappa shape index (κ1) is 25.2. The van der Waals surface area contributed by atoms with Crippen LogP contribution >= 0.6 is 11.3 Å². The first-order valence-corrected chi connectivity index (χ1v) is 12.6. The van der Waals surface area contributed by atoms with Gasteiger partial charge in [-0.1, -0.05) is 19.8 Å². The summed E-state index contributed by atoms with van der Waals surface area (Å²) in [6.45, 7) is 13.3. The smallest absolute Gasteiger partial charge is 0.341 e. The Balaban J connectivity index is 1.85. The molecule has 3 rings (SSSR count). The molecule has 1 aliphatic rings. The fourth-order valence-electron chi connectivity index (χ4n) is 4.45. The van der Waals surface area contributed by atoms with E-state index >= 15 is 0 Å². The third-order valence-electron chi connectivity index (χ3n) is 5.68. The molecule has 2 N–H and O–H groups in total. The van der Waals surface area contributed by atoms with Crippen molar-refractivity contribution in [1.82, 2.24) is 5.32 Å². The Morgan fingerprint density at radius 3 is 2.42 bits per heavy atom. The van der Waals surface area contributed by atoms with Crippen LogP contribution in [0.25, 0.3) is 0 Å². The summed E-state index contributed by atoms with van der Waals surface area (Å²) < 4.78 is 11.1. The summed E-state index contributed by atoms with van der Waals surface area (Å²) in [6, 6.07) is 7.11. The van der Waals surface area contributed by atoms with Gasteiger partial charge in [-0.2, -0.15) is 0 Å². The van der Waals surface area contributed by atoms with Crippen LogP contribution in [0.3, 0.4) is 0 Å². The molecule has 6 nitrogen and oxygen atoms in total. The minimum absolute atomic E-state index is 0.187. The van der Waals surface area contributed by atoms with Crippen LogP contribution in [0.2, 0.25) is 0 Å². The SMILES string of the molecule is CCCCCOc1ccc(C(=O)Nc2sc3c(c2C(=O)OCC)CC(C)(C)NC3(C)C)cc1. The molecule has 0 saturated heterocycles. The molecular weight excluding hydrogens is 436 g/mol. The summed E-state index contributed by atoms with van der Waals surface area (Å²) in [5, 5.41) is 7.16. The molecule has 1 aliphatic heterocycles. The number of thiophene rings is 1. The lowest BCUT2D eigenvalue weighted by Crippen LogP contribution is -2.55. The van der Waals surface area contributed by atoms with Crippen molar-refractivity contribution in [2.24, 2.45) is 0 Å². The highest BCUT2D eigenvalue weighted by molar-refractivity contribution is 7.17. The summed E-state index contributed by atoms with van der Waals surface area (Å²) in [6.07, 6.45) is 3.97. The van der Waals surface area contributed by atoms with E-state index in [0.717, 1.165) is 35.5 Å². The molecule has 0 radical (unpaired) electrons. The monoisotopic (exact) mass is 472 g/mol. The number of hydrogen-bond acceptors (Lipinski definition) is 6. The molecule has 1 aromatic heterocycles. The van der Waals surface area contributed by atoms with E-state index in [0.29, 0.717) is 29.2 Å². The molecule has 0 fully saturated rings. The molecule has 0 saturated carbocycles. The van der Waals surface area contributed by atoms with E-state index in [1.807, 2.05) is 12.1 Å². The maximum Gasteiger partial charge on any atom is 0.341 e. The number of esters is 1. The van der Waals surface area contributed by atoms with Gasteiger partial charge in [0.05, 0.1) is 18.8 Å². The van der Waals surface area contributed by atoms with Crippen molar-refractivity contribution in [2.75, 3.05) is 18.5 Å². The maximum atomic E-state index is 13.0. The molecule has 2 aromatic rings. The number of rotatable bonds is 9. The Morgan fingerprint density at radius 2 is 1.79 bits per heavy atom. The molecule has 0 aliphatic carbocycles. The van der Waals surface area contributed by atoms with Crippen LogP contribution in [0.15, 0.2) is 24.3 Å². The average Bonchev–Trinajstić information content (AvgIpc) is 3.09. The van der Waals surface area contributed by atoms with Crippen LogP contribution in [0.1, 0.15) is 92.0 Å². The number of carbonyl (C=O) groups excluding carboxylic acids is 2. The fraction of sp³-hybridized carbons (Fsp3) is 0.538. The lowest BCUT2D eigenvalue weighted by atomic mass is 9.81. The molecule has 0 unspecified atom stereocenters. The van der Waals surface area contributed by atoms with Crippen molar-refractivity contribution >= 4 is 28.2 Å². The average molecular weight is 473 g/mol. The van der Waals surface area contributed by atoms with Crippen LogP contribution in [0.5, 0.6) is 5.75 Å². The van der Waals surface area contributed by atoms with E-state index in [-0.39, 0.29) is 23.6 Å². The lowest BCUT2D eigenvalue weighted by Gasteiger charge is -2.42. The minimum Gasteiger partial charge on any atom is -0.494 e. The van der Waals surface area contributed by atoms with Crippen molar-refractivity contribution in [1.29, 1.82) is 0 Å². The second-order valence-corrected chi connectivity index (χ2v) is 10.7. The fourth-order valence-corrected chi connectivity index (χ4v) is 5.71. The molecular formula is C26H36N2O4S. The van der Waals surface area contributed by atoms with Crippen LogP contribution < -0.4 is 15.4 Å². The van der Waals surface area contributed by atoms with Crippen molar-refractivity contribution in [3.63, 3.8) is 0 Å². The number of nitrogens with one attached hydrogen (secondary N) is 2. The van der Waals surface area contributed by atoms with Gasteiger partial charge in [-0.25, -0.2) is 4.79 Å². The number of fused-ring (bicyclic) bond motifs is 1. The van der Waals surface area contributed by atoms with Crippen molar-refractivity contribution in [3.05, 3.63) is 45.8 Å². The Morgan fingerprint density at radius 1 is 1.09 bits per heavy atom. The highest BCUT2D eigenvalue weighted by atomic mass is 32.1. The van der Waals surface area contributed by atoms with Crippen molar-refractivity contribution in [3.8, 4) is 5.75 Å². The second-order valence-electron chi connectivity index (χ2n) is 9.68. The highest BCUT2D eigenvalue weighted by Gasteiger charge is 2.42. The van der Waals surface area contributed by atoms with Crippen LogP contribution in [0, 0.1) is 0 Å². The van der Waals surface area contributed by atoms with Gasteiger partial charge >= 0.3 is 5.97 Å². The normalized spacial score (nSPS) is 16.1. The predicted octanol–water partition coefficient (Wildman–Crippen LogP) is 5.91. The van der Waals surface area contributed by atoms with Gasteiger partial charge in [-0.3, -0.25) is 4.79 Å². The molecule has 0 bridgehead atoms. The quantitative estimate of drug-likeness (QED) is 0.351. The number of carbonyl (C=O) groups is 2. The van der Waals surface area contributed by atoms with Crippen molar-refractivity contribution < 1.29 is 19.1 Å². The number of anilines is 1. The third kappa shape index (κ3) is 5.95. The predicted molar refractivity (Wildman–Crippen MR) is 134 cm³/mol. The van der Waals surface area contributed by atoms with Crippen molar-refractivity contribution in [2.45, 2.75) is 78.3 Å². The van der Waals surface area contributed by atoms with Crippen LogP contribution in [-0.4, -0.2) is 30.6 Å². The van der Waals surface area contributed by atoms with E-state index < -0.39 is 5.97 Å². The summed E-state index contributed by atoms with van der Waals surface area (Å²) in [5.41, 5.74) is 1.42. The largest absolute Gasteiger partial charge is 0.494 e. The summed E-state index contributed by atoms with van der Waals surface area (Å²) in [7, 11) is 0. The molecule has 1 aromatic carbocycles. The van der Waals surface area contributed by atoms with Gasteiger partial charge in [0.25, 0.3) is 5.91 Å². The summed E-state index contributed by atoms with van der Waals surface area (Å²) in [4.78, 5) is 27.0. The number of hydrogen-bond donors (Lipinski definition) is 2. The standard InChI is InChI=1S/C26H36N2O4S/c1-7-9-10-15-32-18-13-11-17(12-14-18)22(29)27-23-20(24(30)31-8-2)19-16-25(3,4)28-26(5,6)21(19)33-23/h11-14,28H,7-10,15-16H2,1-6H3,(H,27,29). The molecule has 33 heavy (non-hydrogen) atoms. The summed E-state index contributed by atoms with van der Waals surface area (Å²) >= 11 is 1.45. The van der Waals surface area contributed by atoms with Gasteiger partial charge in [0.15, 0.2) is 0 Å². The number of unbranched alkanes of at least 4 members (excludes halogenated alkanes) is 2. The Labute approximate surface area is 201 Å². The minimum atomic E-state index is -0.394. The molecule has 7 heteroatoms. The molecule has 0 atom stereocenters. The lowest BCUT2D eigenvalue weighted by molar-refractivity contribution is 0.0525. The molecule has 2 heterocycles. The Kier molecular flexibility index (Phi) is 7.85. The van der Waals surface area contributed by atoms with Gasteiger partial charge < -0.3 is 20.1 Å². The van der Waals surface area contributed by atoms with E-state index in [1.165, 1.54) is 11.3 Å². The van der Waals surface area contributed by atoms with Gasteiger partial charge in [0.2, 0.25) is 0 Å². The summed E-state index contributed by atoms with van der Waals surface area (Å²) in [5.74, 6) is 0.0906.